The maximum atomic E-state index is 15.0. The number of hydrogen-bond acceptors (Lipinski definition) is 3. The Morgan fingerprint density at radius 3 is 2.13 bits per heavy atom. The van der Waals surface area contributed by atoms with Gasteiger partial charge in [-0.25, -0.2) is 0 Å². The lowest BCUT2D eigenvalue weighted by atomic mass is 9.43. The van der Waals surface area contributed by atoms with Crippen LogP contribution in [0.25, 0.3) is 0 Å². The molecule has 1 N–H and O–H groups in total. The lowest BCUT2D eigenvalue weighted by Gasteiger charge is -2.62. The number of unbranched alkanes of at least 4 members (excludes halogenated alkanes) is 7. The molecule has 0 spiro atoms. The standard InChI is InChI=1S/C37H51F5O2S/c1-33-20-17-28(43)25-27(33)24-26(14-10-7-5-3-4-6-8-13-23-45-29-15-11-9-12-16-29)32-30(33)18-21-34(2)31(32)19-22-35(34,44)36(38,39)37(40,41)42/h9,11-12,15-16,25-26,30-32,44H,3-8,10,13-14,17-24H2,1-2H3/t26-,30+,31+,32-,33+,34+,35+/m1/s1. The summed E-state index contributed by atoms with van der Waals surface area (Å²) in [7, 11) is 0. The minimum atomic E-state index is -5.80. The number of rotatable bonds is 13. The second kappa shape index (κ2) is 13.6. The van der Waals surface area contributed by atoms with Crippen molar-refractivity contribution in [3.63, 3.8) is 0 Å². The van der Waals surface area contributed by atoms with E-state index in [1.165, 1.54) is 43.9 Å². The molecule has 4 aliphatic rings. The number of carbonyl (C=O) groups excluding carboxylic acids is 1. The summed E-state index contributed by atoms with van der Waals surface area (Å²) in [4.78, 5) is 13.8. The van der Waals surface area contributed by atoms with Gasteiger partial charge in [0.25, 0.3) is 0 Å². The molecule has 4 aliphatic carbocycles. The highest BCUT2D eigenvalue weighted by molar-refractivity contribution is 7.99. The van der Waals surface area contributed by atoms with Gasteiger partial charge in [-0.3, -0.25) is 4.79 Å². The fourth-order valence-electron chi connectivity index (χ4n) is 10.0. The average Bonchev–Trinajstić information content (AvgIpc) is 3.28. The Kier molecular flexibility index (Phi) is 10.6. The fraction of sp³-hybridized carbons (Fsp3) is 0.757. The van der Waals surface area contributed by atoms with Crippen molar-refractivity contribution in [1.29, 1.82) is 0 Å². The molecule has 0 heterocycles. The van der Waals surface area contributed by atoms with Gasteiger partial charge in [0.15, 0.2) is 5.78 Å². The van der Waals surface area contributed by atoms with Crippen LogP contribution in [-0.2, 0) is 4.79 Å². The quantitative estimate of drug-likeness (QED) is 0.131. The lowest BCUT2D eigenvalue weighted by molar-refractivity contribution is -0.364. The largest absolute Gasteiger partial charge is 0.456 e. The minimum absolute atomic E-state index is 0.0223. The first kappa shape index (κ1) is 34.9. The van der Waals surface area contributed by atoms with E-state index in [1.54, 1.807) is 0 Å². The summed E-state index contributed by atoms with van der Waals surface area (Å²) in [5.74, 6) is -4.03. The van der Waals surface area contributed by atoms with E-state index >= 15 is 8.78 Å². The van der Waals surface area contributed by atoms with Crippen LogP contribution in [0.15, 0.2) is 46.9 Å². The zero-order chi connectivity index (χ0) is 32.5. The van der Waals surface area contributed by atoms with Crippen molar-refractivity contribution < 1.29 is 31.9 Å². The van der Waals surface area contributed by atoms with Crippen LogP contribution in [0.1, 0.15) is 117 Å². The van der Waals surface area contributed by atoms with E-state index in [0.29, 0.717) is 25.7 Å². The molecular weight excluding hydrogens is 603 g/mol. The highest BCUT2D eigenvalue weighted by atomic mass is 32.2. The highest BCUT2D eigenvalue weighted by Gasteiger charge is 2.79. The highest BCUT2D eigenvalue weighted by Crippen LogP contribution is 2.72. The Morgan fingerprint density at radius 1 is 0.844 bits per heavy atom. The number of halogens is 5. The maximum Gasteiger partial charge on any atom is 0.456 e. The molecule has 3 saturated carbocycles. The molecule has 5 rings (SSSR count). The number of thioether (sulfide) groups is 1. The number of hydrogen-bond donors (Lipinski definition) is 1. The van der Waals surface area contributed by atoms with E-state index in [2.05, 4.69) is 31.2 Å². The predicted molar refractivity (Wildman–Crippen MR) is 170 cm³/mol. The van der Waals surface area contributed by atoms with Crippen molar-refractivity contribution in [2.75, 3.05) is 5.75 Å². The molecule has 0 amide bonds. The number of benzene rings is 1. The van der Waals surface area contributed by atoms with Gasteiger partial charge in [0, 0.05) is 16.7 Å². The SMILES string of the molecule is C[C@]12CCC(=O)C=C1C[C@@H](CCCCCCCCCCSc1ccccc1)[C@@H]1[C@@H]2CC[C@@]2(C)[C@H]1CC[C@@]2(O)C(F)(F)C(F)(F)F. The first-order valence-corrected chi connectivity index (χ1v) is 18.3. The molecule has 1 aromatic rings. The molecule has 0 unspecified atom stereocenters. The van der Waals surface area contributed by atoms with E-state index in [4.69, 9.17) is 0 Å². The van der Waals surface area contributed by atoms with Crippen LogP contribution in [0.4, 0.5) is 22.0 Å². The molecule has 3 fully saturated rings. The summed E-state index contributed by atoms with van der Waals surface area (Å²) in [6, 6.07) is 10.5. The van der Waals surface area contributed by atoms with Gasteiger partial charge in [0.2, 0.25) is 0 Å². The third-order valence-electron chi connectivity index (χ3n) is 12.6. The van der Waals surface area contributed by atoms with Gasteiger partial charge in [-0.05, 0) is 104 Å². The molecular formula is C37H51F5O2S. The predicted octanol–water partition coefficient (Wildman–Crippen LogP) is 11.0. The third kappa shape index (κ3) is 6.54. The van der Waals surface area contributed by atoms with Crippen LogP contribution in [0, 0.1) is 34.5 Å². The van der Waals surface area contributed by atoms with Gasteiger partial charge in [0.1, 0.15) is 5.60 Å². The molecule has 0 bridgehead atoms. The van der Waals surface area contributed by atoms with E-state index in [0.717, 1.165) is 37.0 Å². The number of ketones is 1. The molecule has 0 radical (unpaired) electrons. The lowest BCUT2D eigenvalue weighted by Crippen LogP contribution is -2.66. The van der Waals surface area contributed by atoms with Gasteiger partial charge in [0.05, 0.1) is 0 Å². The normalized spacial score (nSPS) is 35.0. The van der Waals surface area contributed by atoms with E-state index in [-0.39, 0.29) is 41.8 Å². The van der Waals surface area contributed by atoms with E-state index in [9.17, 15) is 23.1 Å². The molecule has 0 aromatic heterocycles. The summed E-state index contributed by atoms with van der Waals surface area (Å²) in [5, 5.41) is 11.3. The van der Waals surface area contributed by atoms with Crippen LogP contribution >= 0.6 is 11.8 Å². The zero-order valence-corrected chi connectivity index (χ0v) is 27.8. The summed E-state index contributed by atoms with van der Waals surface area (Å²) in [6.45, 7) is 3.70. The number of allylic oxidation sites excluding steroid dienone is 1. The molecule has 252 valence electrons. The zero-order valence-electron chi connectivity index (χ0n) is 26.9. The Morgan fingerprint density at radius 2 is 1.47 bits per heavy atom. The van der Waals surface area contributed by atoms with Gasteiger partial charge < -0.3 is 5.11 Å². The summed E-state index contributed by atoms with van der Waals surface area (Å²) in [5.41, 5.74) is -3.68. The summed E-state index contributed by atoms with van der Waals surface area (Å²) in [6.07, 6.45) is 8.39. The van der Waals surface area contributed by atoms with Gasteiger partial charge in [-0.1, -0.05) is 82.6 Å². The maximum absolute atomic E-state index is 15.0. The monoisotopic (exact) mass is 654 g/mol. The third-order valence-corrected chi connectivity index (χ3v) is 13.7. The number of aliphatic hydroxyl groups is 1. The number of fused-ring (bicyclic) bond motifs is 5. The van der Waals surface area contributed by atoms with Crippen LogP contribution in [0.2, 0.25) is 0 Å². The summed E-state index contributed by atoms with van der Waals surface area (Å²) >= 11 is 1.91. The molecule has 2 nitrogen and oxygen atoms in total. The van der Waals surface area contributed by atoms with Gasteiger partial charge in [-0.2, -0.15) is 22.0 Å². The second-order valence-corrected chi connectivity index (χ2v) is 16.2. The molecule has 0 saturated heterocycles. The van der Waals surface area contributed by atoms with Crippen molar-refractivity contribution >= 4 is 17.5 Å². The first-order chi connectivity index (χ1) is 21.2. The first-order valence-electron chi connectivity index (χ1n) is 17.3. The molecule has 7 atom stereocenters. The Labute approximate surface area is 270 Å². The summed E-state index contributed by atoms with van der Waals surface area (Å²) < 4.78 is 71.1. The molecule has 0 aliphatic heterocycles. The number of carbonyl (C=O) groups is 1. The Bertz CT molecular complexity index is 1200. The molecule has 45 heavy (non-hydrogen) atoms. The van der Waals surface area contributed by atoms with E-state index in [1.807, 2.05) is 23.9 Å². The van der Waals surface area contributed by atoms with Crippen molar-refractivity contribution in [2.45, 2.75) is 139 Å². The molecule has 1 aromatic carbocycles. The fourth-order valence-corrected chi connectivity index (χ4v) is 11.0. The van der Waals surface area contributed by atoms with Crippen molar-refractivity contribution in [1.82, 2.24) is 0 Å². The van der Waals surface area contributed by atoms with Crippen molar-refractivity contribution in [3.05, 3.63) is 42.0 Å². The number of alkyl halides is 5. The van der Waals surface area contributed by atoms with Gasteiger partial charge in [-0.15, -0.1) is 11.8 Å². The Balaban J connectivity index is 1.18. The van der Waals surface area contributed by atoms with Crippen molar-refractivity contribution in [2.24, 2.45) is 34.5 Å². The van der Waals surface area contributed by atoms with Crippen LogP contribution < -0.4 is 0 Å². The molecule has 8 heteroatoms. The van der Waals surface area contributed by atoms with Crippen LogP contribution in [-0.4, -0.2) is 34.3 Å². The second-order valence-electron chi connectivity index (χ2n) is 15.0. The average molecular weight is 655 g/mol. The van der Waals surface area contributed by atoms with Crippen LogP contribution in [0.5, 0.6) is 0 Å². The van der Waals surface area contributed by atoms with E-state index < -0.39 is 35.5 Å². The minimum Gasteiger partial charge on any atom is -0.383 e. The Hall–Kier alpha value is -1.41. The topological polar surface area (TPSA) is 37.3 Å². The smallest absolute Gasteiger partial charge is 0.383 e. The van der Waals surface area contributed by atoms with Gasteiger partial charge >= 0.3 is 12.1 Å². The van der Waals surface area contributed by atoms with Crippen molar-refractivity contribution in [3.8, 4) is 0 Å². The van der Waals surface area contributed by atoms with Crippen LogP contribution in [0.3, 0.4) is 0 Å².